The molecule has 0 aliphatic heterocycles. The fourth-order valence-electron chi connectivity index (χ4n) is 0.979. The maximum atomic E-state index is 9.81. The molecule has 0 aliphatic carbocycles. The molecule has 0 spiro atoms. The Bertz CT molecular complexity index is 91.6. The molecule has 0 rings (SSSR count). The number of hydrogen-bond acceptors (Lipinski definition) is 2. The van der Waals surface area contributed by atoms with E-state index in [0.717, 1.165) is 13.0 Å². The third-order valence-electron chi connectivity index (χ3n) is 1.63. The summed E-state index contributed by atoms with van der Waals surface area (Å²) in [7, 11) is 4.17. The van der Waals surface area contributed by atoms with Gasteiger partial charge in [0.15, 0.2) is 6.29 Å². The molecule has 0 N–H and O–H groups in total. The summed E-state index contributed by atoms with van der Waals surface area (Å²) in [4.78, 5) is 12.0. The van der Waals surface area contributed by atoms with Crippen LogP contribution < -0.4 is 0 Å². The van der Waals surface area contributed by atoms with Crippen LogP contribution in [0.1, 0.15) is 32.1 Å². The Balaban J connectivity index is 2.85. The van der Waals surface area contributed by atoms with Crippen molar-refractivity contribution in [3.63, 3.8) is 0 Å². The van der Waals surface area contributed by atoms with Crippen molar-refractivity contribution < 1.29 is 4.79 Å². The Morgan fingerprint density at radius 2 is 1.73 bits per heavy atom. The second-order valence-corrected chi connectivity index (χ2v) is 3.11. The van der Waals surface area contributed by atoms with Gasteiger partial charge in [-0.2, -0.15) is 0 Å². The van der Waals surface area contributed by atoms with E-state index in [1.807, 2.05) is 6.29 Å². The lowest BCUT2D eigenvalue weighted by Gasteiger charge is -2.07. The molecule has 1 radical (unpaired) electrons. The van der Waals surface area contributed by atoms with Crippen molar-refractivity contribution in [2.24, 2.45) is 0 Å². The fraction of sp³-hybridized carbons (Fsp3) is 0.889. The molecule has 0 heterocycles. The van der Waals surface area contributed by atoms with E-state index in [-0.39, 0.29) is 0 Å². The molecule has 0 saturated carbocycles. The summed E-state index contributed by atoms with van der Waals surface area (Å²) >= 11 is 0. The minimum atomic E-state index is 0.613. The van der Waals surface area contributed by atoms with Crippen LogP contribution in [0, 0.1) is 0 Å². The maximum absolute atomic E-state index is 9.81. The van der Waals surface area contributed by atoms with Crippen molar-refractivity contribution in [2.75, 3.05) is 20.6 Å². The third kappa shape index (κ3) is 9.63. The van der Waals surface area contributed by atoms with E-state index in [9.17, 15) is 4.79 Å². The van der Waals surface area contributed by atoms with Gasteiger partial charge in [0.25, 0.3) is 0 Å². The molecule has 0 atom stereocenters. The largest absolute Gasteiger partial charge is 0.309 e. The highest BCUT2D eigenvalue weighted by Crippen LogP contribution is 2.01. The zero-order chi connectivity index (χ0) is 8.53. The van der Waals surface area contributed by atoms with Crippen LogP contribution in [0.2, 0.25) is 0 Å². The highest BCUT2D eigenvalue weighted by atomic mass is 16.1. The summed E-state index contributed by atoms with van der Waals surface area (Å²) in [6.45, 7) is 1.16. The zero-order valence-electron chi connectivity index (χ0n) is 7.60. The average molecular weight is 156 g/mol. The molecule has 65 valence electrons. The van der Waals surface area contributed by atoms with Gasteiger partial charge in [-0.15, -0.1) is 0 Å². The number of rotatable bonds is 7. The molecule has 0 saturated heterocycles. The smallest absolute Gasteiger partial charge is 0.198 e. The van der Waals surface area contributed by atoms with E-state index >= 15 is 0 Å². The second kappa shape index (κ2) is 7.73. The first-order valence-corrected chi connectivity index (χ1v) is 4.27. The molecule has 0 amide bonds. The van der Waals surface area contributed by atoms with Crippen LogP contribution in [0.25, 0.3) is 0 Å². The predicted octanol–water partition coefficient (Wildman–Crippen LogP) is 1.61. The highest BCUT2D eigenvalue weighted by Gasteiger charge is 1.91. The number of hydrogen-bond donors (Lipinski definition) is 0. The lowest BCUT2D eigenvalue weighted by atomic mass is 10.1. The van der Waals surface area contributed by atoms with E-state index in [2.05, 4.69) is 19.0 Å². The summed E-state index contributed by atoms with van der Waals surface area (Å²) in [5.41, 5.74) is 0. The van der Waals surface area contributed by atoms with Gasteiger partial charge < -0.3 is 4.90 Å². The molecular formula is C9H18NO. The van der Waals surface area contributed by atoms with Crippen molar-refractivity contribution in [1.82, 2.24) is 4.90 Å². The van der Waals surface area contributed by atoms with E-state index in [1.165, 1.54) is 19.3 Å². The van der Waals surface area contributed by atoms with Crippen LogP contribution in [0.3, 0.4) is 0 Å². The molecule has 11 heavy (non-hydrogen) atoms. The molecule has 0 aromatic heterocycles. The molecule has 2 nitrogen and oxygen atoms in total. The van der Waals surface area contributed by atoms with Crippen molar-refractivity contribution in [3.8, 4) is 0 Å². The first-order chi connectivity index (χ1) is 5.27. The summed E-state index contributed by atoms with van der Waals surface area (Å²) in [6.07, 6.45) is 7.18. The van der Waals surface area contributed by atoms with E-state index in [0.29, 0.717) is 6.42 Å². The zero-order valence-corrected chi connectivity index (χ0v) is 7.60. The van der Waals surface area contributed by atoms with Crippen molar-refractivity contribution >= 4 is 6.29 Å². The van der Waals surface area contributed by atoms with E-state index in [1.54, 1.807) is 0 Å². The topological polar surface area (TPSA) is 20.3 Å². The molecular weight excluding hydrogens is 138 g/mol. The van der Waals surface area contributed by atoms with Crippen molar-refractivity contribution in [3.05, 3.63) is 0 Å². The quantitative estimate of drug-likeness (QED) is 0.522. The summed E-state index contributed by atoms with van der Waals surface area (Å²) in [5.74, 6) is 0. The van der Waals surface area contributed by atoms with Gasteiger partial charge in [0.2, 0.25) is 0 Å². The van der Waals surface area contributed by atoms with Gasteiger partial charge in [-0.05, 0) is 33.5 Å². The van der Waals surface area contributed by atoms with Crippen LogP contribution >= 0.6 is 0 Å². The van der Waals surface area contributed by atoms with Crippen LogP contribution in [-0.4, -0.2) is 31.8 Å². The van der Waals surface area contributed by atoms with Gasteiger partial charge in [0, 0.05) is 6.42 Å². The SMILES string of the molecule is CN(C)CCCCCC[C]=O. The van der Waals surface area contributed by atoms with Crippen LogP contribution in [0.5, 0.6) is 0 Å². The lowest BCUT2D eigenvalue weighted by Crippen LogP contribution is -2.12. The van der Waals surface area contributed by atoms with E-state index in [4.69, 9.17) is 0 Å². The Hall–Kier alpha value is -0.370. The number of carbonyl (C=O) groups excluding carboxylic acids is 1. The minimum Gasteiger partial charge on any atom is -0.309 e. The Morgan fingerprint density at radius 3 is 2.27 bits per heavy atom. The fourth-order valence-corrected chi connectivity index (χ4v) is 0.979. The van der Waals surface area contributed by atoms with Crippen LogP contribution in [-0.2, 0) is 4.79 Å². The average Bonchev–Trinajstić information content (AvgIpc) is 1.96. The van der Waals surface area contributed by atoms with Crippen molar-refractivity contribution in [2.45, 2.75) is 32.1 Å². The van der Waals surface area contributed by atoms with E-state index < -0.39 is 0 Å². The Kier molecular flexibility index (Phi) is 7.47. The predicted molar refractivity (Wildman–Crippen MR) is 47.3 cm³/mol. The molecule has 0 unspecified atom stereocenters. The van der Waals surface area contributed by atoms with Gasteiger partial charge in [-0.3, -0.25) is 4.79 Å². The standard InChI is InChI=1S/C9H18NO/c1-10(2)8-6-4-3-5-7-9-11/h3-8H2,1-2H3. The molecule has 0 aromatic carbocycles. The van der Waals surface area contributed by atoms with Gasteiger partial charge in [0.1, 0.15) is 0 Å². The first-order valence-electron chi connectivity index (χ1n) is 4.27. The Labute approximate surface area is 69.6 Å². The molecule has 0 aliphatic rings. The monoisotopic (exact) mass is 156 g/mol. The highest BCUT2D eigenvalue weighted by molar-refractivity contribution is 5.50. The molecule has 0 bridgehead atoms. The Morgan fingerprint density at radius 1 is 1.09 bits per heavy atom. The minimum absolute atomic E-state index is 0.613. The van der Waals surface area contributed by atoms with Crippen molar-refractivity contribution in [1.29, 1.82) is 0 Å². The lowest BCUT2D eigenvalue weighted by molar-refractivity contribution is 0.390. The van der Waals surface area contributed by atoms with Gasteiger partial charge in [-0.25, -0.2) is 0 Å². The summed E-state index contributed by atoms with van der Waals surface area (Å²) in [6, 6.07) is 0. The third-order valence-corrected chi connectivity index (χ3v) is 1.63. The van der Waals surface area contributed by atoms with Crippen LogP contribution in [0.4, 0.5) is 0 Å². The summed E-state index contributed by atoms with van der Waals surface area (Å²) < 4.78 is 0. The summed E-state index contributed by atoms with van der Waals surface area (Å²) in [5, 5.41) is 0. The van der Waals surface area contributed by atoms with Gasteiger partial charge >= 0.3 is 0 Å². The van der Waals surface area contributed by atoms with Gasteiger partial charge in [-0.1, -0.05) is 12.8 Å². The number of unbranched alkanes of at least 4 members (excludes halogenated alkanes) is 4. The molecule has 0 aromatic rings. The molecule has 2 heteroatoms. The molecule has 0 fully saturated rings. The van der Waals surface area contributed by atoms with Gasteiger partial charge in [0.05, 0.1) is 0 Å². The first kappa shape index (κ1) is 10.6. The van der Waals surface area contributed by atoms with Crippen LogP contribution in [0.15, 0.2) is 0 Å². The maximum Gasteiger partial charge on any atom is 0.198 e. The number of nitrogens with zero attached hydrogens (tertiary/aromatic N) is 1. The second-order valence-electron chi connectivity index (χ2n) is 3.11. The normalized spacial score (nSPS) is 10.5.